The number of hydrogen-bond acceptors (Lipinski definition) is 5. The number of anilines is 1. The molecule has 0 radical (unpaired) electrons. The molecule has 0 saturated carbocycles. The maximum Gasteiger partial charge on any atom is 0.251 e. The fourth-order valence-corrected chi connectivity index (χ4v) is 3.30. The zero-order valence-corrected chi connectivity index (χ0v) is 14.4. The first kappa shape index (κ1) is 17.4. The lowest BCUT2D eigenvalue weighted by Crippen LogP contribution is -2.28. The van der Waals surface area contributed by atoms with E-state index in [1.165, 1.54) is 36.6 Å². The fourth-order valence-electron chi connectivity index (χ4n) is 1.90. The first-order chi connectivity index (χ1) is 11.0. The highest BCUT2D eigenvalue weighted by Gasteiger charge is 2.13. The summed E-state index contributed by atoms with van der Waals surface area (Å²) in [6, 6.07) is 10.2. The summed E-state index contributed by atoms with van der Waals surface area (Å²) in [6.07, 6.45) is 3.29. The normalized spacial score (nSPS) is 10.3. The van der Waals surface area contributed by atoms with Gasteiger partial charge in [0.2, 0.25) is 5.91 Å². The molecule has 1 N–H and O–H groups in total. The van der Waals surface area contributed by atoms with Gasteiger partial charge in [0.15, 0.2) is 12.0 Å². The van der Waals surface area contributed by atoms with Crippen molar-refractivity contribution < 1.29 is 14.3 Å². The van der Waals surface area contributed by atoms with Crippen LogP contribution in [0.4, 0.5) is 5.69 Å². The van der Waals surface area contributed by atoms with Crippen molar-refractivity contribution in [1.82, 2.24) is 0 Å². The number of nitrogens with zero attached hydrogens (tertiary/aromatic N) is 1. The van der Waals surface area contributed by atoms with Crippen molar-refractivity contribution in [3.05, 3.63) is 53.4 Å². The van der Waals surface area contributed by atoms with E-state index in [1.807, 2.05) is 6.26 Å². The van der Waals surface area contributed by atoms with Gasteiger partial charge in [-0.05, 0) is 42.3 Å². The van der Waals surface area contributed by atoms with Crippen LogP contribution in [0.2, 0.25) is 0 Å². The molecule has 23 heavy (non-hydrogen) atoms. The molecule has 5 nitrogen and oxygen atoms in total. The molecule has 0 aliphatic heterocycles. The highest BCUT2D eigenvalue weighted by atomic mass is 32.2. The smallest absolute Gasteiger partial charge is 0.251 e. The van der Waals surface area contributed by atoms with E-state index in [1.54, 1.807) is 36.4 Å². The number of hydrogen-bond donors (Lipinski definition) is 1. The third-order valence-corrected chi connectivity index (χ3v) is 4.77. The Hall–Kier alpha value is -1.99. The third-order valence-electron chi connectivity index (χ3n) is 2.97. The van der Waals surface area contributed by atoms with Crippen LogP contribution < -0.4 is 10.0 Å². The van der Waals surface area contributed by atoms with Crippen molar-refractivity contribution in [3.63, 3.8) is 0 Å². The maximum atomic E-state index is 12.3. The van der Waals surface area contributed by atoms with Crippen molar-refractivity contribution in [1.29, 1.82) is 0 Å². The largest absolute Gasteiger partial charge is 0.618 e. The molecule has 7 heteroatoms. The summed E-state index contributed by atoms with van der Waals surface area (Å²) >= 11 is 2.66. The van der Waals surface area contributed by atoms with Gasteiger partial charge in [-0.2, -0.15) is 4.73 Å². The van der Waals surface area contributed by atoms with Crippen LogP contribution in [0.15, 0.2) is 52.5 Å². The Morgan fingerprint density at radius 2 is 2.04 bits per heavy atom. The van der Waals surface area contributed by atoms with Gasteiger partial charge in [0, 0.05) is 29.5 Å². The number of benzene rings is 1. The topological polar surface area (TPSA) is 73.1 Å². The molecular formula is C16H16N2O3S2. The number of carbonyl (C=O) groups is 2. The minimum Gasteiger partial charge on any atom is -0.618 e. The van der Waals surface area contributed by atoms with E-state index >= 15 is 0 Å². The Balaban J connectivity index is 2.10. The van der Waals surface area contributed by atoms with E-state index < -0.39 is 0 Å². The second-order valence-electron chi connectivity index (χ2n) is 4.67. The van der Waals surface area contributed by atoms with E-state index in [0.29, 0.717) is 16.3 Å². The fraction of sp³-hybridized carbons (Fsp3) is 0.188. The van der Waals surface area contributed by atoms with E-state index in [0.717, 1.165) is 9.63 Å². The van der Waals surface area contributed by atoms with Gasteiger partial charge in [-0.25, -0.2) is 0 Å². The van der Waals surface area contributed by atoms with Crippen molar-refractivity contribution in [3.8, 4) is 0 Å². The third kappa shape index (κ3) is 4.74. The van der Waals surface area contributed by atoms with Crippen molar-refractivity contribution in [2.24, 2.45) is 0 Å². The predicted molar refractivity (Wildman–Crippen MR) is 93.0 cm³/mol. The van der Waals surface area contributed by atoms with Gasteiger partial charge in [-0.3, -0.25) is 9.59 Å². The summed E-state index contributed by atoms with van der Waals surface area (Å²) in [6.45, 7) is 1.44. The van der Waals surface area contributed by atoms with Crippen LogP contribution in [-0.4, -0.2) is 23.7 Å². The first-order valence-electron chi connectivity index (χ1n) is 6.81. The second-order valence-corrected chi connectivity index (χ2v) is 6.52. The summed E-state index contributed by atoms with van der Waals surface area (Å²) in [5.41, 5.74) is 1.25. The number of nitrogens with one attached hydrogen (secondary N) is 1. The molecular weight excluding hydrogens is 332 g/mol. The minimum absolute atomic E-state index is 0.0662. The molecule has 0 atom stereocenters. The molecule has 0 aliphatic rings. The van der Waals surface area contributed by atoms with Crippen molar-refractivity contribution in [2.75, 3.05) is 17.3 Å². The summed E-state index contributed by atoms with van der Waals surface area (Å²) < 4.78 is 0.741. The average molecular weight is 348 g/mol. The van der Waals surface area contributed by atoms with E-state index in [2.05, 4.69) is 5.32 Å². The maximum absolute atomic E-state index is 12.3. The van der Waals surface area contributed by atoms with Crippen LogP contribution in [-0.2, 0) is 4.79 Å². The van der Waals surface area contributed by atoms with Gasteiger partial charge in [0.1, 0.15) is 0 Å². The Morgan fingerprint density at radius 3 is 2.70 bits per heavy atom. The lowest BCUT2D eigenvalue weighted by Gasteiger charge is -2.10. The molecule has 2 aromatic rings. The predicted octanol–water partition coefficient (Wildman–Crippen LogP) is 2.98. The quantitative estimate of drug-likeness (QED) is 0.376. The Labute approximate surface area is 143 Å². The number of aromatic nitrogens is 1. The lowest BCUT2D eigenvalue weighted by atomic mass is 10.1. The zero-order chi connectivity index (χ0) is 16.8. The number of ketones is 1. The van der Waals surface area contributed by atoms with Crippen LogP contribution in [0.25, 0.3) is 0 Å². The number of Topliss-reactive ketones (excluding diaryl/α,β-unsaturated/α-hetero) is 1. The molecule has 0 aliphatic carbocycles. The van der Waals surface area contributed by atoms with E-state index in [-0.39, 0.29) is 17.4 Å². The number of amides is 1. The van der Waals surface area contributed by atoms with Crippen LogP contribution in [0, 0.1) is 5.21 Å². The summed E-state index contributed by atoms with van der Waals surface area (Å²) in [4.78, 5) is 24.3. The van der Waals surface area contributed by atoms with Gasteiger partial charge in [-0.1, -0.05) is 0 Å². The standard InChI is InChI=1S/C16H16N2O3S2/c1-11(19)17-13-7-6-12(9-15(13)22-2)14(20)10-23-16-5-3-4-8-18(16)21/h3-9H,10H2,1-2H3,(H,17,19). The summed E-state index contributed by atoms with van der Waals surface area (Å²) in [7, 11) is 0. The SMILES string of the molecule is CSc1cc(C(=O)CSc2cccc[n+]2[O-])ccc1NC(C)=O. The van der Waals surface area contributed by atoms with E-state index in [9.17, 15) is 14.8 Å². The molecule has 1 amide bonds. The Kier molecular flexibility index (Phi) is 6.06. The summed E-state index contributed by atoms with van der Waals surface area (Å²) in [5, 5.41) is 14.8. The first-order valence-corrected chi connectivity index (χ1v) is 9.02. The van der Waals surface area contributed by atoms with Crippen LogP contribution >= 0.6 is 23.5 Å². The number of pyridine rings is 1. The molecule has 1 aromatic carbocycles. The number of thioether (sulfide) groups is 2. The van der Waals surface area contributed by atoms with Crippen LogP contribution in [0.5, 0.6) is 0 Å². The average Bonchev–Trinajstić information content (AvgIpc) is 2.53. The van der Waals surface area contributed by atoms with Gasteiger partial charge < -0.3 is 10.5 Å². The molecule has 2 rings (SSSR count). The van der Waals surface area contributed by atoms with Crippen molar-refractivity contribution >= 4 is 40.9 Å². The van der Waals surface area contributed by atoms with Gasteiger partial charge in [0.25, 0.3) is 5.03 Å². The Bertz CT molecular complexity index is 735. The second kappa shape index (κ2) is 8.03. The highest BCUT2D eigenvalue weighted by Crippen LogP contribution is 2.27. The van der Waals surface area contributed by atoms with Gasteiger partial charge in [0.05, 0.1) is 11.4 Å². The van der Waals surface area contributed by atoms with Crippen molar-refractivity contribution in [2.45, 2.75) is 16.8 Å². The molecule has 1 heterocycles. The van der Waals surface area contributed by atoms with Gasteiger partial charge >= 0.3 is 0 Å². The molecule has 1 aromatic heterocycles. The molecule has 120 valence electrons. The minimum atomic E-state index is -0.154. The lowest BCUT2D eigenvalue weighted by molar-refractivity contribution is -0.645. The highest BCUT2D eigenvalue weighted by molar-refractivity contribution is 7.99. The molecule has 0 bridgehead atoms. The monoisotopic (exact) mass is 348 g/mol. The number of rotatable bonds is 6. The summed E-state index contributed by atoms with van der Waals surface area (Å²) in [5.74, 6) is -0.0398. The molecule has 0 fully saturated rings. The van der Waals surface area contributed by atoms with Crippen LogP contribution in [0.1, 0.15) is 17.3 Å². The number of carbonyl (C=O) groups excluding carboxylic acids is 2. The van der Waals surface area contributed by atoms with E-state index in [4.69, 9.17) is 0 Å². The molecule has 0 saturated heterocycles. The molecule has 0 unspecified atom stereocenters. The molecule has 0 spiro atoms. The van der Waals surface area contributed by atoms with Crippen LogP contribution in [0.3, 0.4) is 0 Å². The van der Waals surface area contributed by atoms with Gasteiger partial charge in [-0.15, -0.1) is 11.8 Å². The zero-order valence-electron chi connectivity index (χ0n) is 12.7. The Morgan fingerprint density at radius 1 is 1.26 bits per heavy atom.